The van der Waals surface area contributed by atoms with E-state index in [0.29, 0.717) is 4.57 Å². The lowest BCUT2D eigenvalue weighted by Gasteiger charge is -2.07. The molecule has 0 aliphatic rings. The van der Waals surface area contributed by atoms with E-state index in [9.17, 15) is 35.9 Å². The Labute approximate surface area is 162 Å². The van der Waals surface area contributed by atoms with Crippen molar-refractivity contribution in [1.29, 1.82) is 0 Å². The van der Waals surface area contributed by atoms with Crippen LogP contribution in [0.5, 0.6) is 0 Å². The fourth-order valence-electron chi connectivity index (χ4n) is 3.18. The van der Waals surface area contributed by atoms with E-state index in [1.54, 1.807) is 0 Å². The molecule has 4 rings (SSSR count). The predicted octanol–water partition coefficient (Wildman–Crippen LogP) is 2.80. The minimum Gasteiger partial charge on any atom is -0.250 e. The molecule has 4 aromatic rings. The summed E-state index contributed by atoms with van der Waals surface area (Å²) in [6.07, 6.45) is -9.38. The number of benzene rings is 2. The number of para-hydroxylation sites is 1. The highest BCUT2D eigenvalue weighted by molar-refractivity contribution is 5.75. The number of nitrogens with zero attached hydrogens (tertiary/aromatic N) is 3. The third-order valence-corrected chi connectivity index (χ3v) is 4.47. The van der Waals surface area contributed by atoms with Gasteiger partial charge in [-0.2, -0.15) is 26.3 Å². The van der Waals surface area contributed by atoms with E-state index in [1.807, 2.05) is 0 Å². The third-order valence-electron chi connectivity index (χ3n) is 4.47. The van der Waals surface area contributed by atoms with Gasteiger partial charge in [0, 0.05) is 0 Å². The molecule has 0 saturated heterocycles. The van der Waals surface area contributed by atoms with Crippen LogP contribution >= 0.6 is 0 Å². The molecular weight excluding hydrogens is 418 g/mol. The molecule has 0 fully saturated rings. The van der Waals surface area contributed by atoms with Gasteiger partial charge in [-0.15, -0.1) is 14.4 Å². The van der Waals surface area contributed by atoms with Gasteiger partial charge in [0.05, 0.1) is 10.9 Å². The number of halogens is 6. The van der Waals surface area contributed by atoms with Gasteiger partial charge in [-0.3, -0.25) is 4.79 Å². The summed E-state index contributed by atoms with van der Waals surface area (Å²) in [5.74, 6) is 0. The second-order valence-electron chi connectivity index (χ2n) is 6.47. The molecule has 0 atom stereocenters. The van der Waals surface area contributed by atoms with E-state index in [1.165, 1.54) is 24.3 Å². The predicted molar refractivity (Wildman–Crippen MR) is 92.4 cm³/mol. The molecule has 0 amide bonds. The molecule has 2 aromatic carbocycles. The number of H-pyrrole nitrogens is 1. The minimum absolute atomic E-state index is 0.0493. The number of hydrogen-bond donors (Lipinski definition) is 1. The first kappa shape index (κ1) is 19.7. The van der Waals surface area contributed by atoms with E-state index in [4.69, 9.17) is 0 Å². The zero-order valence-electron chi connectivity index (χ0n) is 14.8. The molecule has 30 heavy (non-hydrogen) atoms. The Bertz CT molecular complexity index is 1380. The van der Waals surface area contributed by atoms with E-state index in [2.05, 4.69) is 5.21 Å². The second-order valence-corrected chi connectivity index (χ2v) is 6.47. The van der Waals surface area contributed by atoms with Crippen LogP contribution in [-0.2, 0) is 12.7 Å². The summed E-state index contributed by atoms with van der Waals surface area (Å²) >= 11 is 0. The molecule has 2 aromatic heterocycles. The summed E-state index contributed by atoms with van der Waals surface area (Å²) in [4.78, 5) is 25.5. The van der Waals surface area contributed by atoms with Crippen LogP contribution in [0.25, 0.3) is 22.2 Å². The highest BCUT2D eigenvalue weighted by atomic mass is 19.4. The summed E-state index contributed by atoms with van der Waals surface area (Å²) in [5.41, 5.74) is -3.51. The maximum Gasteiger partial charge on any atom is 0.419 e. The first-order valence-corrected chi connectivity index (χ1v) is 8.40. The maximum absolute atomic E-state index is 13.1. The SMILES string of the molecule is O=c1c2n(CC(F)(F)F)c(=O)c3ccccc3[n+]2[nH]n1-c1ccc(C(F)(F)F)cc1. The minimum atomic E-state index is -4.79. The quantitative estimate of drug-likeness (QED) is 0.394. The summed E-state index contributed by atoms with van der Waals surface area (Å²) in [6.45, 7) is -1.71. The van der Waals surface area contributed by atoms with Crippen LogP contribution in [0, 0.1) is 0 Å². The Kier molecular flexibility index (Phi) is 4.26. The molecule has 0 bridgehead atoms. The van der Waals surface area contributed by atoms with Crippen LogP contribution in [0.15, 0.2) is 58.1 Å². The summed E-state index contributed by atoms with van der Waals surface area (Å²) < 4.78 is 79.6. The van der Waals surface area contributed by atoms with Crippen LogP contribution in [0.2, 0.25) is 0 Å². The fourth-order valence-corrected chi connectivity index (χ4v) is 3.18. The van der Waals surface area contributed by atoms with Crippen molar-refractivity contribution in [3.05, 3.63) is 74.8 Å². The van der Waals surface area contributed by atoms with Gasteiger partial charge >= 0.3 is 29.1 Å². The normalized spacial score (nSPS) is 12.7. The number of aromatic amines is 1. The summed E-state index contributed by atoms with van der Waals surface area (Å²) in [6, 6.07) is 9.18. The molecule has 0 spiro atoms. The van der Waals surface area contributed by atoms with Crippen molar-refractivity contribution in [2.45, 2.75) is 18.9 Å². The number of hydrogen-bond acceptors (Lipinski definition) is 2. The molecule has 0 unspecified atom stereocenters. The molecule has 0 radical (unpaired) electrons. The number of nitrogens with one attached hydrogen (secondary N) is 1. The molecule has 1 N–H and O–H groups in total. The van der Waals surface area contributed by atoms with Gasteiger partial charge in [0.1, 0.15) is 11.2 Å². The highest BCUT2D eigenvalue weighted by Crippen LogP contribution is 2.29. The lowest BCUT2D eigenvalue weighted by Crippen LogP contribution is -2.39. The van der Waals surface area contributed by atoms with Crippen LogP contribution in [0.4, 0.5) is 26.3 Å². The maximum atomic E-state index is 13.1. The van der Waals surface area contributed by atoms with Crippen molar-refractivity contribution in [2.75, 3.05) is 0 Å². The molecule has 156 valence electrons. The van der Waals surface area contributed by atoms with Crippen molar-refractivity contribution in [3.63, 3.8) is 0 Å². The zero-order valence-corrected chi connectivity index (χ0v) is 14.8. The Morgan fingerprint density at radius 3 is 2.10 bits per heavy atom. The average Bonchev–Trinajstić information content (AvgIpc) is 3.01. The molecule has 0 aliphatic heterocycles. The summed E-state index contributed by atoms with van der Waals surface area (Å²) in [7, 11) is 0. The van der Waals surface area contributed by atoms with Crippen molar-refractivity contribution in [1.82, 2.24) is 14.5 Å². The van der Waals surface area contributed by atoms with Gasteiger partial charge in [-0.1, -0.05) is 12.1 Å². The lowest BCUT2D eigenvalue weighted by molar-refractivity contribution is -0.559. The topological polar surface area (TPSA) is 63.9 Å². The largest absolute Gasteiger partial charge is 0.419 e. The molecule has 2 heterocycles. The zero-order chi connectivity index (χ0) is 21.8. The molecule has 6 nitrogen and oxygen atoms in total. The fraction of sp³-hybridized carbons (Fsp3) is 0.167. The second kappa shape index (κ2) is 6.47. The van der Waals surface area contributed by atoms with Crippen LogP contribution in [0.3, 0.4) is 0 Å². The first-order valence-electron chi connectivity index (χ1n) is 8.40. The van der Waals surface area contributed by atoms with Gasteiger partial charge in [0.15, 0.2) is 6.54 Å². The van der Waals surface area contributed by atoms with Crippen LogP contribution in [0.1, 0.15) is 5.56 Å². The third kappa shape index (κ3) is 3.23. The Morgan fingerprint density at radius 2 is 1.50 bits per heavy atom. The standard InChI is InChI=1S/C18H10F6N4O2/c19-17(20,21)9-26-14-16(30)27(11-7-5-10(6-8-11)18(22,23)24)25-28(14)13-4-2-1-3-12(13)15(26)29/h1-8H,9H2/p+1. The van der Waals surface area contributed by atoms with Crippen LogP contribution in [-0.4, -0.2) is 20.6 Å². The van der Waals surface area contributed by atoms with Gasteiger partial charge in [0.2, 0.25) is 0 Å². The number of rotatable bonds is 2. The van der Waals surface area contributed by atoms with Crippen LogP contribution < -0.4 is 15.6 Å². The Morgan fingerprint density at radius 1 is 0.867 bits per heavy atom. The lowest BCUT2D eigenvalue weighted by atomic mass is 10.2. The average molecular weight is 429 g/mol. The number of alkyl halides is 6. The Balaban J connectivity index is 2.04. The monoisotopic (exact) mass is 429 g/mol. The van der Waals surface area contributed by atoms with Gasteiger partial charge in [0.25, 0.3) is 0 Å². The smallest absolute Gasteiger partial charge is 0.250 e. The van der Waals surface area contributed by atoms with Crippen molar-refractivity contribution >= 4 is 16.6 Å². The first-order chi connectivity index (χ1) is 14.0. The molecule has 0 aliphatic carbocycles. The van der Waals surface area contributed by atoms with Gasteiger partial charge in [-0.05, 0) is 36.4 Å². The number of fused-ring (bicyclic) bond motifs is 3. The van der Waals surface area contributed by atoms with E-state index in [-0.39, 0.29) is 16.6 Å². The van der Waals surface area contributed by atoms with Crippen molar-refractivity contribution < 1.29 is 30.9 Å². The number of aromatic nitrogens is 4. The highest BCUT2D eigenvalue weighted by Gasteiger charge is 2.35. The van der Waals surface area contributed by atoms with E-state index < -0.39 is 41.2 Å². The van der Waals surface area contributed by atoms with Crippen molar-refractivity contribution in [2.24, 2.45) is 0 Å². The van der Waals surface area contributed by atoms with Gasteiger partial charge in [-0.25, -0.2) is 9.36 Å². The Hall–Kier alpha value is -3.57. The van der Waals surface area contributed by atoms with Gasteiger partial charge < -0.3 is 0 Å². The van der Waals surface area contributed by atoms with E-state index >= 15 is 0 Å². The molecule has 12 heteroatoms. The summed E-state index contributed by atoms with van der Waals surface area (Å²) in [5, 5.41) is 2.48. The molecule has 0 saturated carbocycles. The molecular formula is C18H11F6N4O2+. The van der Waals surface area contributed by atoms with Crippen molar-refractivity contribution in [3.8, 4) is 5.69 Å². The van der Waals surface area contributed by atoms with E-state index in [0.717, 1.165) is 33.5 Å².